The van der Waals surface area contributed by atoms with Crippen LogP contribution >= 0.6 is 15.9 Å². The average Bonchev–Trinajstić information content (AvgIpc) is 3.04. The van der Waals surface area contributed by atoms with Crippen molar-refractivity contribution in [3.63, 3.8) is 0 Å². The smallest absolute Gasteiger partial charge is 0.312 e. The number of anilines is 1. The number of nitro benzene ring substituents is 1. The molecule has 0 atom stereocenters. The lowest BCUT2D eigenvalue weighted by molar-refractivity contribution is -0.385. The molecule has 1 N–H and O–H groups in total. The largest absolute Gasteiger partial charge is 0.494 e. The van der Waals surface area contributed by atoms with Gasteiger partial charge in [-0.25, -0.2) is 9.37 Å². The zero-order valence-electron chi connectivity index (χ0n) is 26.5. The molecule has 4 aromatic carbocycles. The van der Waals surface area contributed by atoms with Crippen molar-refractivity contribution in [2.24, 2.45) is 5.10 Å². The molecule has 0 aliphatic rings. The van der Waals surface area contributed by atoms with Gasteiger partial charge in [-0.1, -0.05) is 26.0 Å². The summed E-state index contributed by atoms with van der Waals surface area (Å²) < 4.78 is 26.0. The molecule has 0 unspecified atom stereocenters. The second kappa shape index (κ2) is 14.6. The number of hydrogen-bond donors (Lipinski definition) is 1. The van der Waals surface area contributed by atoms with Crippen LogP contribution < -0.4 is 20.3 Å². The van der Waals surface area contributed by atoms with Gasteiger partial charge in [0.15, 0.2) is 12.4 Å². The van der Waals surface area contributed by atoms with Crippen LogP contribution in [0.4, 0.5) is 15.8 Å². The van der Waals surface area contributed by atoms with Crippen LogP contribution in [0, 0.1) is 22.9 Å². The van der Waals surface area contributed by atoms with Crippen LogP contribution in [0.2, 0.25) is 0 Å². The molecular formula is C35H31BrFN5O6. The highest BCUT2D eigenvalue weighted by Crippen LogP contribution is 2.37. The van der Waals surface area contributed by atoms with Crippen LogP contribution in [0.5, 0.6) is 11.5 Å². The molecule has 1 amide bonds. The second-order valence-electron chi connectivity index (χ2n) is 11.1. The molecule has 0 bridgehead atoms. The number of rotatable bonds is 11. The van der Waals surface area contributed by atoms with Gasteiger partial charge in [-0.05, 0) is 101 Å². The lowest BCUT2D eigenvalue weighted by Crippen LogP contribution is -2.21. The van der Waals surface area contributed by atoms with Crippen molar-refractivity contribution in [1.29, 1.82) is 0 Å². The van der Waals surface area contributed by atoms with Crippen molar-refractivity contribution in [2.45, 2.75) is 33.6 Å². The third kappa shape index (κ3) is 7.41. The van der Waals surface area contributed by atoms with E-state index in [1.807, 2.05) is 39.8 Å². The number of carbonyl (C=O) groups is 1. The summed E-state index contributed by atoms with van der Waals surface area (Å²) in [6.45, 7) is 7.86. The van der Waals surface area contributed by atoms with Crippen LogP contribution in [0.15, 0.2) is 87.2 Å². The summed E-state index contributed by atoms with van der Waals surface area (Å²) in [6, 6.07) is 18.7. The minimum atomic E-state index is -0.652. The highest BCUT2D eigenvalue weighted by molar-refractivity contribution is 9.10. The Hall–Kier alpha value is -5.43. The van der Waals surface area contributed by atoms with Crippen LogP contribution in [0.25, 0.3) is 22.3 Å². The van der Waals surface area contributed by atoms with E-state index < -0.39 is 34.5 Å². The summed E-state index contributed by atoms with van der Waals surface area (Å²) in [4.78, 5) is 42.5. The molecule has 5 aromatic rings. The van der Waals surface area contributed by atoms with Gasteiger partial charge in [0.05, 0.1) is 33.1 Å². The van der Waals surface area contributed by atoms with Crippen molar-refractivity contribution >= 4 is 50.3 Å². The van der Waals surface area contributed by atoms with E-state index in [1.165, 1.54) is 47.3 Å². The van der Waals surface area contributed by atoms with Gasteiger partial charge in [0.25, 0.3) is 11.5 Å². The molecule has 246 valence electrons. The molecular weight excluding hydrogens is 685 g/mol. The van der Waals surface area contributed by atoms with Gasteiger partial charge in [0, 0.05) is 22.9 Å². The van der Waals surface area contributed by atoms with Gasteiger partial charge in [-0.2, -0.15) is 9.78 Å². The maximum Gasteiger partial charge on any atom is 0.312 e. The lowest BCUT2D eigenvalue weighted by atomic mass is 9.96. The Morgan fingerprint density at radius 2 is 1.85 bits per heavy atom. The first-order valence-corrected chi connectivity index (χ1v) is 15.8. The molecule has 0 aliphatic carbocycles. The summed E-state index contributed by atoms with van der Waals surface area (Å²) in [5, 5.41) is 19.4. The van der Waals surface area contributed by atoms with Gasteiger partial charge in [0.1, 0.15) is 11.6 Å². The first-order chi connectivity index (χ1) is 23.0. The highest BCUT2D eigenvalue weighted by atomic mass is 79.9. The van der Waals surface area contributed by atoms with E-state index in [2.05, 4.69) is 26.3 Å². The average molecular weight is 717 g/mol. The number of nitrogens with zero attached hydrogens (tertiary/aromatic N) is 4. The number of aromatic nitrogens is 2. The van der Waals surface area contributed by atoms with Gasteiger partial charge in [-0.15, -0.1) is 0 Å². The number of amides is 1. The Balaban J connectivity index is 1.53. The quantitative estimate of drug-likeness (QED) is 0.0844. The van der Waals surface area contributed by atoms with Crippen molar-refractivity contribution in [1.82, 2.24) is 9.66 Å². The number of para-hydroxylation sites is 1. The summed E-state index contributed by atoms with van der Waals surface area (Å²) in [5.74, 6) is -0.0887. The molecule has 0 radical (unpaired) electrons. The maximum atomic E-state index is 13.8. The van der Waals surface area contributed by atoms with Gasteiger partial charge in [-0.3, -0.25) is 19.7 Å². The first kappa shape index (κ1) is 33.9. The monoisotopic (exact) mass is 715 g/mol. The number of ether oxygens (including phenoxy) is 2. The second-order valence-corrected chi connectivity index (χ2v) is 11.9. The van der Waals surface area contributed by atoms with Crippen LogP contribution in [-0.4, -0.2) is 39.9 Å². The summed E-state index contributed by atoms with van der Waals surface area (Å²) in [6.07, 6.45) is 1.32. The van der Waals surface area contributed by atoms with Crippen LogP contribution in [0.3, 0.4) is 0 Å². The van der Waals surface area contributed by atoms with Gasteiger partial charge >= 0.3 is 5.69 Å². The fourth-order valence-electron chi connectivity index (χ4n) is 5.02. The maximum absolute atomic E-state index is 13.8. The van der Waals surface area contributed by atoms with Crippen LogP contribution in [0.1, 0.15) is 43.4 Å². The minimum absolute atomic E-state index is 0.114. The molecule has 48 heavy (non-hydrogen) atoms. The van der Waals surface area contributed by atoms with Gasteiger partial charge in [0.2, 0.25) is 5.75 Å². The Labute approximate surface area is 283 Å². The van der Waals surface area contributed by atoms with Crippen molar-refractivity contribution in [2.75, 3.05) is 18.5 Å². The molecule has 0 fully saturated rings. The Morgan fingerprint density at radius 3 is 2.54 bits per heavy atom. The highest BCUT2D eigenvalue weighted by Gasteiger charge is 2.22. The summed E-state index contributed by atoms with van der Waals surface area (Å²) in [7, 11) is 0. The molecule has 1 aromatic heterocycles. The van der Waals surface area contributed by atoms with E-state index in [0.29, 0.717) is 28.8 Å². The number of nitrogens with one attached hydrogen (secondary N) is 1. The Morgan fingerprint density at radius 1 is 1.12 bits per heavy atom. The predicted molar refractivity (Wildman–Crippen MR) is 186 cm³/mol. The zero-order chi connectivity index (χ0) is 34.5. The molecule has 5 rings (SSSR count). The molecule has 1 heterocycles. The molecule has 0 saturated carbocycles. The molecule has 0 aliphatic heterocycles. The third-order valence-electron chi connectivity index (χ3n) is 7.31. The van der Waals surface area contributed by atoms with E-state index in [-0.39, 0.29) is 27.5 Å². The number of carbonyl (C=O) groups excluding carboxylic acids is 1. The third-order valence-corrected chi connectivity index (χ3v) is 7.90. The fraction of sp³-hybridized carbons (Fsp3) is 0.200. The van der Waals surface area contributed by atoms with E-state index in [0.717, 1.165) is 16.9 Å². The van der Waals surface area contributed by atoms with Crippen molar-refractivity contribution < 1.29 is 23.6 Å². The predicted octanol–water partition coefficient (Wildman–Crippen LogP) is 7.60. The first-order valence-electron chi connectivity index (χ1n) is 15.0. The SMILES string of the molecule is CCOc1cc(C)c(-c2nc3ccccc3c(=O)n2N=Cc2cc(Br)c(OCC(=O)Nc3ccc(F)cc3)c([N+](=O)[O-])c2)cc1C(C)C. The van der Waals surface area contributed by atoms with Gasteiger partial charge < -0.3 is 14.8 Å². The number of benzene rings is 4. The van der Waals surface area contributed by atoms with E-state index in [9.17, 15) is 24.1 Å². The zero-order valence-corrected chi connectivity index (χ0v) is 28.1. The fourth-order valence-corrected chi connectivity index (χ4v) is 5.60. The van der Waals surface area contributed by atoms with Crippen molar-refractivity contribution in [3.05, 3.63) is 120 Å². The lowest BCUT2D eigenvalue weighted by Gasteiger charge is -2.18. The van der Waals surface area contributed by atoms with E-state index in [1.54, 1.807) is 24.3 Å². The topological polar surface area (TPSA) is 138 Å². The Kier molecular flexibility index (Phi) is 10.3. The summed E-state index contributed by atoms with van der Waals surface area (Å²) >= 11 is 3.31. The Bertz CT molecular complexity index is 2110. The number of aryl methyl sites for hydroxylation is 1. The number of halogens is 2. The standard InChI is InChI=1S/C35H31BrFN5O6/c1-5-47-31-14-21(4)27(17-26(31)20(2)3)34-40-29-9-7-6-8-25(29)35(44)41(34)38-18-22-15-28(36)33(30(16-22)42(45)46)48-19-32(43)39-24-12-10-23(37)11-13-24/h6-18,20H,5,19H2,1-4H3,(H,39,43). The summed E-state index contributed by atoms with van der Waals surface area (Å²) in [5.41, 5.74) is 2.68. The molecule has 0 saturated heterocycles. The molecule has 11 nitrogen and oxygen atoms in total. The minimum Gasteiger partial charge on any atom is -0.494 e. The molecule has 13 heteroatoms. The normalized spacial score (nSPS) is 11.3. The van der Waals surface area contributed by atoms with Crippen LogP contribution in [-0.2, 0) is 4.79 Å². The number of nitro groups is 1. The van der Waals surface area contributed by atoms with Crippen molar-refractivity contribution in [3.8, 4) is 22.9 Å². The molecule has 0 spiro atoms. The number of hydrogen-bond acceptors (Lipinski definition) is 8. The number of fused-ring (bicyclic) bond motifs is 1. The van der Waals surface area contributed by atoms with E-state index in [4.69, 9.17) is 14.5 Å². The van der Waals surface area contributed by atoms with E-state index >= 15 is 0 Å².